The van der Waals surface area contributed by atoms with Crippen molar-refractivity contribution in [2.24, 2.45) is 0 Å². The van der Waals surface area contributed by atoms with Crippen LogP contribution < -0.4 is 5.32 Å². The van der Waals surface area contributed by atoms with Crippen molar-refractivity contribution in [1.82, 2.24) is 20.0 Å². The van der Waals surface area contributed by atoms with E-state index in [1.54, 1.807) is 6.20 Å². The average Bonchev–Trinajstić information content (AvgIpc) is 3.13. The molecule has 1 N–H and O–H groups in total. The van der Waals surface area contributed by atoms with E-state index in [4.69, 9.17) is 0 Å². The lowest BCUT2D eigenvalue weighted by molar-refractivity contribution is -0.121. The summed E-state index contributed by atoms with van der Waals surface area (Å²) in [5.41, 5.74) is 3.72. The summed E-state index contributed by atoms with van der Waals surface area (Å²) in [4.78, 5) is 26.9. The van der Waals surface area contributed by atoms with E-state index in [0.717, 1.165) is 24.2 Å². The van der Waals surface area contributed by atoms with Gasteiger partial charge in [-0.15, -0.1) is 0 Å². The van der Waals surface area contributed by atoms with Gasteiger partial charge in [0.05, 0.1) is 23.1 Å². The first kappa shape index (κ1) is 20.1. The Morgan fingerprint density at radius 2 is 1.96 bits per heavy atom. The number of nitrogens with one attached hydrogen (secondary N) is 1. The topological polar surface area (TPSA) is 67.2 Å². The van der Waals surface area contributed by atoms with Gasteiger partial charge in [-0.3, -0.25) is 9.59 Å². The average molecular weight is 383 g/mol. The summed E-state index contributed by atoms with van der Waals surface area (Å²) in [7, 11) is 0. The molecular formula is C22H30N4O2. The molecule has 150 valence electrons. The molecule has 1 aliphatic rings. The molecule has 0 bridgehead atoms. The van der Waals surface area contributed by atoms with Crippen LogP contribution in [0.25, 0.3) is 5.69 Å². The summed E-state index contributed by atoms with van der Waals surface area (Å²) >= 11 is 0. The first-order chi connectivity index (χ1) is 13.4. The van der Waals surface area contributed by atoms with Crippen LogP contribution in [0.5, 0.6) is 0 Å². The summed E-state index contributed by atoms with van der Waals surface area (Å²) in [6.45, 7) is 9.32. The zero-order valence-corrected chi connectivity index (χ0v) is 17.2. The molecule has 3 rings (SSSR count). The van der Waals surface area contributed by atoms with Gasteiger partial charge >= 0.3 is 0 Å². The highest BCUT2D eigenvalue weighted by atomic mass is 16.2. The predicted octanol–water partition coefficient (Wildman–Crippen LogP) is 3.43. The third-order valence-corrected chi connectivity index (χ3v) is 5.26. The van der Waals surface area contributed by atoms with Crippen LogP contribution in [0.1, 0.15) is 67.6 Å². The summed E-state index contributed by atoms with van der Waals surface area (Å²) in [6, 6.07) is 8.18. The molecule has 1 aromatic heterocycles. The van der Waals surface area contributed by atoms with E-state index >= 15 is 0 Å². The fourth-order valence-electron chi connectivity index (χ4n) is 3.75. The molecule has 1 fully saturated rings. The van der Waals surface area contributed by atoms with Gasteiger partial charge in [0.2, 0.25) is 5.91 Å². The second-order valence-electron chi connectivity index (χ2n) is 7.86. The van der Waals surface area contributed by atoms with Crippen molar-refractivity contribution in [1.29, 1.82) is 0 Å². The maximum Gasteiger partial charge on any atom is 0.257 e. The van der Waals surface area contributed by atoms with Gasteiger partial charge in [0.1, 0.15) is 0 Å². The lowest BCUT2D eigenvalue weighted by Gasteiger charge is -2.33. The van der Waals surface area contributed by atoms with Gasteiger partial charge in [0, 0.05) is 25.6 Å². The van der Waals surface area contributed by atoms with Gasteiger partial charge in [-0.1, -0.05) is 38.5 Å². The van der Waals surface area contributed by atoms with Crippen molar-refractivity contribution in [2.45, 2.75) is 58.9 Å². The van der Waals surface area contributed by atoms with Gasteiger partial charge in [-0.2, -0.15) is 5.10 Å². The van der Waals surface area contributed by atoms with Crippen molar-refractivity contribution < 1.29 is 9.59 Å². The van der Waals surface area contributed by atoms with Crippen LogP contribution in [0.3, 0.4) is 0 Å². The number of hydrogen-bond donors (Lipinski definition) is 1. The first-order valence-corrected chi connectivity index (χ1v) is 10.1. The summed E-state index contributed by atoms with van der Waals surface area (Å²) in [5.74, 6) is 0.190. The van der Waals surface area contributed by atoms with Crippen molar-refractivity contribution in [2.75, 3.05) is 13.1 Å². The first-order valence-electron chi connectivity index (χ1n) is 10.1. The van der Waals surface area contributed by atoms with Gasteiger partial charge in [0.25, 0.3) is 5.91 Å². The fraction of sp³-hybridized carbons (Fsp3) is 0.500. The minimum Gasteiger partial charge on any atom is -0.352 e. The maximum absolute atomic E-state index is 13.3. The number of piperidine rings is 1. The van der Waals surface area contributed by atoms with Crippen LogP contribution in [-0.2, 0) is 4.79 Å². The van der Waals surface area contributed by atoms with E-state index < -0.39 is 0 Å². The van der Waals surface area contributed by atoms with E-state index in [9.17, 15) is 9.59 Å². The number of amides is 2. The molecule has 1 atom stereocenters. The quantitative estimate of drug-likeness (QED) is 0.861. The minimum absolute atomic E-state index is 0.00231. The Hall–Kier alpha value is -2.63. The van der Waals surface area contributed by atoms with Crippen molar-refractivity contribution in [3.63, 3.8) is 0 Å². The Kier molecular flexibility index (Phi) is 6.17. The second-order valence-corrected chi connectivity index (χ2v) is 7.86. The fourth-order valence-corrected chi connectivity index (χ4v) is 3.75. The predicted molar refractivity (Wildman–Crippen MR) is 110 cm³/mol. The third kappa shape index (κ3) is 4.26. The van der Waals surface area contributed by atoms with Crippen LogP contribution in [0.2, 0.25) is 0 Å². The maximum atomic E-state index is 13.3. The molecule has 1 aliphatic heterocycles. The van der Waals surface area contributed by atoms with Gasteiger partial charge in [-0.05, 0) is 37.8 Å². The van der Waals surface area contributed by atoms with Crippen LogP contribution >= 0.6 is 0 Å². The molecule has 1 aromatic carbocycles. The molecule has 1 unspecified atom stereocenters. The largest absolute Gasteiger partial charge is 0.352 e. The normalized spacial score (nSPS) is 17.0. The smallest absolute Gasteiger partial charge is 0.257 e. The number of aryl methyl sites for hydroxylation is 1. The molecule has 0 aliphatic carbocycles. The summed E-state index contributed by atoms with van der Waals surface area (Å²) in [6.07, 6.45) is 3.95. The Bertz CT molecular complexity index is 839. The van der Waals surface area contributed by atoms with Crippen molar-refractivity contribution >= 4 is 11.8 Å². The van der Waals surface area contributed by atoms with Gasteiger partial charge in [-0.25, -0.2) is 4.68 Å². The third-order valence-electron chi connectivity index (χ3n) is 5.26. The Morgan fingerprint density at radius 1 is 1.25 bits per heavy atom. The Morgan fingerprint density at radius 3 is 2.61 bits per heavy atom. The van der Waals surface area contributed by atoms with Gasteiger partial charge in [0.15, 0.2) is 0 Å². The molecule has 6 heteroatoms. The van der Waals surface area contributed by atoms with E-state index in [1.807, 2.05) is 40.8 Å². The van der Waals surface area contributed by atoms with Crippen LogP contribution in [0.15, 0.2) is 30.5 Å². The zero-order valence-electron chi connectivity index (χ0n) is 17.2. The molecular weight excluding hydrogens is 352 g/mol. The van der Waals surface area contributed by atoms with E-state index in [2.05, 4.69) is 31.2 Å². The minimum atomic E-state index is -0.00231. The number of benzene rings is 1. The molecule has 2 amide bonds. The second kappa shape index (κ2) is 8.59. The lowest BCUT2D eigenvalue weighted by atomic mass is 10.0. The molecule has 0 spiro atoms. The number of carbonyl (C=O) groups is 2. The monoisotopic (exact) mass is 382 g/mol. The number of carbonyl (C=O) groups excluding carboxylic acids is 2. The Labute approximate surface area is 166 Å². The zero-order chi connectivity index (χ0) is 20.3. The molecule has 1 saturated heterocycles. The SMILES string of the molecule is CCC(=O)NC1CCCN(C(=O)c2cnn(-c3ccc(C)cc3)c2C(C)C)C1. The highest BCUT2D eigenvalue weighted by Crippen LogP contribution is 2.25. The number of rotatable bonds is 5. The molecule has 2 aromatic rings. The van der Waals surface area contributed by atoms with Gasteiger partial charge < -0.3 is 10.2 Å². The highest BCUT2D eigenvalue weighted by Gasteiger charge is 2.29. The van der Waals surface area contributed by atoms with Crippen molar-refractivity contribution in [3.8, 4) is 5.69 Å². The van der Waals surface area contributed by atoms with Crippen LogP contribution in [-0.4, -0.2) is 45.6 Å². The molecule has 6 nitrogen and oxygen atoms in total. The van der Waals surface area contributed by atoms with E-state index in [-0.39, 0.29) is 23.8 Å². The molecule has 28 heavy (non-hydrogen) atoms. The lowest BCUT2D eigenvalue weighted by Crippen LogP contribution is -2.49. The standard InChI is InChI=1S/C22H30N4O2/c1-5-20(27)24-17-7-6-12-25(14-17)22(28)19-13-23-26(21(19)15(2)3)18-10-8-16(4)9-11-18/h8-11,13,15,17H,5-7,12,14H2,1-4H3,(H,24,27). The highest BCUT2D eigenvalue weighted by molar-refractivity contribution is 5.95. The summed E-state index contributed by atoms with van der Waals surface area (Å²) in [5, 5.41) is 7.56. The molecule has 2 heterocycles. The molecule has 0 radical (unpaired) electrons. The van der Waals surface area contributed by atoms with Crippen molar-refractivity contribution in [3.05, 3.63) is 47.3 Å². The van der Waals surface area contributed by atoms with Crippen LogP contribution in [0.4, 0.5) is 0 Å². The molecule has 0 saturated carbocycles. The van der Waals surface area contributed by atoms with E-state index in [1.165, 1.54) is 5.56 Å². The van der Waals surface area contributed by atoms with E-state index in [0.29, 0.717) is 25.1 Å². The van der Waals surface area contributed by atoms with Crippen LogP contribution in [0, 0.1) is 6.92 Å². The number of likely N-dealkylation sites (tertiary alicyclic amines) is 1. The number of nitrogens with zero attached hydrogens (tertiary/aromatic N) is 3. The number of hydrogen-bond acceptors (Lipinski definition) is 3. The Balaban J connectivity index is 1.85. The summed E-state index contributed by atoms with van der Waals surface area (Å²) < 4.78 is 1.87. The number of aromatic nitrogens is 2.